The molecule has 0 aromatic rings. The van der Waals surface area contributed by atoms with Gasteiger partial charge in [0.25, 0.3) is 0 Å². The van der Waals surface area contributed by atoms with Gasteiger partial charge >= 0.3 is 0 Å². The zero-order chi connectivity index (χ0) is 12.8. The first-order valence-corrected chi connectivity index (χ1v) is 8.11. The minimum Gasteiger partial charge on any atom is -0.380 e. The third-order valence-corrected chi connectivity index (χ3v) is 4.83. The molecule has 2 aliphatic carbocycles. The SMILES string of the molecule is CCNC(CCC1CC1)C(OC)C1CCCCC1. The average Bonchev–Trinajstić information content (AvgIpc) is 3.22. The Bertz CT molecular complexity index is 221. The van der Waals surface area contributed by atoms with Gasteiger partial charge in [-0.15, -0.1) is 0 Å². The van der Waals surface area contributed by atoms with Crippen molar-refractivity contribution >= 4 is 0 Å². The van der Waals surface area contributed by atoms with E-state index in [4.69, 9.17) is 4.74 Å². The van der Waals surface area contributed by atoms with Crippen LogP contribution in [0.2, 0.25) is 0 Å². The van der Waals surface area contributed by atoms with Crippen molar-refractivity contribution in [3.05, 3.63) is 0 Å². The summed E-state index contributed by atoms with van der Waals surface area (Å²) in [5.41, 5.74) is 0. The van der Waals surface area contributed by atoms with Gasteiger partial charge in [-0.05, 0) is 44.1 Å². The Kier molecular flexibility index (Phi) is 5.97. The molecule has 0 aromatic carbocycles. The molecule has 0 amide bonds. The largest absolute Gasteiger partial charge is 0.380 e. The number of hydrogen-bond donors (Lipinski definition) is 1. The Balaban J connectivity index is 1.85. The number of nitrogens with one attached hydrogen (secondary N) is 1. The lowest BCUT2D eigenvalue weighted by atomic mass is 9.81. The molecule has 0 bridgehead atoms. The molecule has 0 radical (unpaired) electrons. The lowest BCUT2D eigenvalue weighted by Gasteiger charge is -2.35. The van der Waals surface area contributed by atoms with Crippen molar-refractivity contribution in [2.24, 2.45) is 11.8 Å². The van der Waals surface area contributed by atoms with Gasteiger partial charge in [0.15, 0.2) is 0 Å². The van der Waals surface area contributed by atoms with E-state index in [9.17, 15) is 0 Å². The van der Waals surface area contributed by atoms with Gasteiger partial charge < -0.3 is 10.1 Å². The van der Waals surface area contributed by atoms with Crippen LogP contribution in [0.15, 0.2) is 0 Å². The van der Waals surface area contributed by atoms with E-state index in [0.717, 1.165) is 18.4 Å². The maximum Gasteiger partial charge on any atom is 0.0752 e. The van der Waals surface area contributed by atoms with Crippen LogP contribution < -0.4 is 5.32 Å². The first kappa shape index (κ1) is 14.3. The summed E-state index contributed by atoms with van der Waals surface area (Å²) in [6, 6.07) is 0.587. The van der Waals surface area contributed by atoms with Crippen LogP contribution >= 0.6 is 0 Å². The molecule has 0 heterocycles. The highest BCUT2D eigenvalue weighted by Gasteiger charge is 2.31. The molecule has 0 aromatic heterocycles. The van der Waals surface area contributed by atoms with Crippen LogP contribution in [-0.4, -0.2) is 25.8 Å². The van der Waals surface area contributed by atoms with Gasteiger partial charge in [0.2, 0.25) is 0 Å². The van der Waals surface area contributed by atoms with Crippen molar-refractivity contribution < 1.29 is 4.74 Å². The summed E-state index contributed by atoms with van der Waals surface area (Å²) in [5.74, 6) is 1.84. The third kappa shape index (κ3) is 4.24. The minimum absolute atomic E-state index is 0.448. The topological polar surface area (TPSA) is 21.3 Å². The Morgan fingerprint density at radius 1 is 1.11 bits per heavy atom. The van der Waals surface area contributed by atoms with Crippen molar-refractivity contribution in [2.45, 2.75) is 76.9 Å². The molecule has 2 atom stereocenters. The summed E-state index contributed by atoms with van der Waals surface area (Å²) in [6.45, 7) is 3.29. The van der Waals surface area contributed by atoms with Crippen molar-refractivity contribution in [1.82, 2.24) is 5.32 Å². The molecular formula is C16H31NO. The minimum atomic E-state index is 0.448. The van der Waals surface area contributed by atoms with Crippen molar-refractivity contribution in [3.8, 4) is 0 Å². The first-order valence-electron chi connectivity index (χ1n) is 8.11. The standard InChI is InChI=1S/C16H31NO/c1-3-17-15(12-11-13-9-10-13)16(18-2)14-7-5-4-6-8-14/h13-17H,3-12H2,1-2H3. The zero-order valence-corrected chi connectivity index (χ0v) is 12.3. The van der Waals surface area contributed by atoms with Crippen LogP contribution in [0.25, 0.3) is 0 Å². The predicted molar refractivity (Wildman–Crippen MR) is 76.8 cm³/mol. The van der Waals surface area contributed by atoms with Crippen LogP contribution in [-0.2, 0) is 4.74 Å². The fourth-order valence-corrected chi connectivity index (χ4v) is 3.61. The fraction of sp³-hybridized carbons (Fsp3) is 1.00. The number of ether oxygens (including phenoxy) is 1. The number of likely N-dealkylation sites (N-methyl/N-ethyl adjacent to an activating group) is 1. The van der Waals surface area contributed by atoms with Gasteiger partial charge in [0.05, 0.1) is 6.10 Å². The average molecular weight is 253 g/mol. The molecule has 2 unspecified atom stereocenters. The number of rotatable bonds is 8. The van der Waals surface area contributed by atoms with Crippen LogP contribution in [0.1, 0.15) is 64.7 Å². The van der Waals surface area contributed by atoms with Gasteiger partial charge in [-0.2, -0.15) is 0 Å². The maximum atomic E-state index is 5.89. The van der Waals surface area contributed by atoms with Crippen LogP contribution in [0.4, 0.5) is 0 Å². The highest BCUT2D eigenvalue weighted by atomic mass is 16.5. The Morgan fingerprint density at radius 3 is 2.39 bits per heavy atom. The summed E-state index contributed by atoms with van der Waals surface area (Å²) in [7, 11) is 1.92. The summed E-state index contributed by atoms with van der Waals surface area (Å²) < 4.78 is 5.89. The lowest BCUT2D eigenvalue weighted by molar-refractivity contribution is 0.00570. The normalized spacial score (nSPS) is 25.0. The summed E-state index contributed by atoms with van der Waals surface area (Å²) in [4.78, 5) is 0. The van der Waals surface area contributed by atoms with E-state index in [1.807, 2.05) is 7.11 Å². The van der Waals surface area contributed by atoms with E-state index >= 15 is 0 Å². The molecule has 2 heteroatoms. The van der Waals surface area contributed by atoms with E-state index in [2.05, 4.69) is 12.2 Å². The van der Waals surface area contributed by atoms with Crippen molar-refractivity contribution in [1.29, 1.82) is 0 Å². The highest BCUT2D eigenvalue weighted by molar-refractivity contribution is 4.86. The molecule has 2 aliphatic rings. The van der Waals surface area contributed by atoms with E-state index < -0.39 is 0 Å². The molecule has 1 N–H and O–H groups in total. The van der Waals surface area contributed by atoms with Crippen molar-refractivity contribution in [2.75, 3.05) is 13.7 Å². The monoisotopic (exact) mass is 253 g/mol. The molecule has 0 saturated heterocycles. The zero-order valence-electron chi connectivity index (χ0n) is 12.3. The smallest absolute Gasteiger partial charge is 0.0752 e. The van der Waals surface area contributed by atoms with Gasteiger partial charge in [-0.1, -0.05) is 39.0 Å². The molecule has 2 nitrogen and oxygen atoms in total. The van der Waals surface area contributed by atoms with Crippen LogP contribution in [0.3, 0.4) is 0 Å². The molecule has 2 rings (SSSR count). The second kappa shape index (κ2) is 7.49. The summed E-state index contributed by atoms with van der Waals surface area (Å²) in [6.07, 6.45) is 13.1. The van der Waals surface area contributed by atoms with E-state index in [1.54, 1.807) is 0 Å². The molecule has 106 valence electrons. The molecule has 2 saturated carbocycles. The summed E-state index contributed by atoms with van der Waals surface area (Å²) >= 11 is 0. The molecule has 2 fully saturated rings. The Labute approximate surface area is 113 Å². The van der Waals surface area contributed by atoms with E-state index in [1.165, 1.54) is 57.8 Å². The molecular weight excluding hydrogens is 222 g/mol. The van der Waals surface area contributed by atoms with Gasteiger partial charge in [-0.3, -0.25) is 0 Å². The second-order valence-electron chi connectivity index (χ2n) is 6.28. The van der Waals surface area contributed by atoms with E-state index in [0.29, 0.717) is 12.1 Å². The summed E-state index contributed by atoms with van der Waals surface area (Å²) in [5, 5.41) is 3.69. The number of methoxy groups -OCH3 is 1. The van der Waals surface area contributed by atoms with Crippen LogP contribution in [0.5, 0.6) is 0 Å². The van der Waals surface area contributed by atoms with Crippen LogP contribution in [0, 0.1) is 11.8 Å². The Morgan fingerprint density at radius 2 is 1.83 bits per heavy atom. The molecule has 0 aliphatic heterocycles. The third-order valence-electron chi connectivity index (χ3n) is 4.83. The van der Waals surface area contributed by atoms with Crippen molar-refractivity contribution in [3.63, 3.8) is 0 Å². The fourth-order valence-electron chi connectivity index (χ4n) is 3.61. The highest BCUT2D eigenvalue weighted by Crippen LogP contribution is 2.36. The number of hydrogen-bond acceptors (Lipinski definition) is 2. The van der Waals surface area contributed by atoms with Gasteiger partial charge in [0, 0.05) is 13.2 Å². The lowest BCUT2D eigenvalue weighted by Crippen LogP contribution is -2.45. The van der Waals surface area contributed by atoms with Gasteiger partial charge in [-0.25, -0.2) is 0 Å². The maximum absolute atomic E-state index is 5.89. The predicted octanol–water partition coefficient (Wildman–Crippen LogP) is 3.75. The Hall–Kier alpha value is -0.0800. The second-order valence-corrected chi connectivity index (χ2v) is 6.28. The first-order chi connectivity index (χ1) is 8.85. The molecule has 0 spiro atoms. The van der Waals surface area contributed by atoms with E-state index in [-0.39, 0.29) is 0 Å². The quantitative estimate of drug-likeness (QED) is 0.711. The van der Waals surface area contributed by atoms with Gasteiger partial charge in [0.1, 0.15) is 0 Å². The molecule has 18 heavy (non-hydrogen) atoms.